The SMILES string of the molecule is CCC/C=C\CCCCCCCCOCC(COC1OC(COC2OC(CO)C(O)C(O)C2O)C(O)C(O)C1O)OC(=O)CCCCCCCC/C=C\C/C=C\C/C=C\CCCCC. The molecule has 0 amide bonds. The van der Waals surface area contributed by atoms with Crippen LogP contribution in [0.4, 0.5) is 0 Å². The molecular formula is C50H88O14. The molecule has 0 saturated carbocycles. The monoisotopic (exact) mass is 913 g/mol. The summed E-state index contributed by atoms with van der Waals surface area (Å²) in [7, 11) is 0. The van der Waals surface area contributed by atoms with Crippen LogP contribution in [-0.2, 0) is 33.2 Å². The lowest BCUT2D eigenvalue weighted by molar-refractivity contribution is -0.332. The maximum atomic E-state index is 13.0. The molecule has 0 aliphatic carbocycles. The molecule has 11 unspecified atom stereocenters. The molecule has 372 valence electrons. The lowest BCUT2D eigenvalue weighted by Crippen LogP contribution is -2.61. The number of unbranched alkanes of at least 4 members (excludes halogenated alkanes) is 16. The summed E-state index contributed by atoms with van der Waals surface area (Å²) in [5.41, 5.74) is 0. The molecule has 7 N–H and O–H groups in total. The molecule has 0 radical (unpaired) electrons. The first kappa shape index (κ1) is 58.1. The molecular weight excluding hydrogens is 825 g/mol. The summed E-state index contributed by atoms with van der Waals surface area (Å²) in [5, 5.41) is 72.0. The second-order valence-corrected chi connectivity index (χ2v) is 17.3. The Morgan fingerprint density at radius 3 is 1.59 bits per heavy atom. The standard InChI is InChI=1S/C50H88O14/c1-3-5-7-9-11-13-15-16-17-18-19-20-21-22-23-25-27-29-31-33-42(52)62-39(36-59-34-32-30-28-26-24-14-12-10-8-6-4-2)37-60-49-48(58)46(56)44(54)41(64-49)38-61-50-47(57)45(55)43(53)40(35-51)63-50/h8,10-11,13,16-17,19-20,39-41,43-51,53-58H,3-7,9,12,14-15,18,21-38H2,1-2H3/b10-8-,13-11-,17-16-,20-19-. The minimum atomic E-state index is -1.71. The molecule has 14 nitrogen and oxygen atoms in total. The zero-order valence-corrected chi connectivity index (χ0v) is 39.3. The molecule has 0 bridgehead atoms. The number of rotatable bonds is 38. The number of carbonyl (C=O) groups excluding carboxylic acids is 1. The molecule has 2 heterocycles. The summed E-state index contributed by atoms with van der Waals surface area (Å²) in [6, 6.07) is 0. The van der Waals surface area contributed by atoms with Gasteiger partial charge in [0.2, 0.25) is 0 Å². The van der Waals surface area contributed by atoms with Crippen LogP contribution in [0.1, 0.15) is 162 Å². The Bertz CT molecular complexity index is 1240. The molecule has 14 heteroatoms. The van der Waals surface area contributed by atoms with Gasteiger partial charge in [-0.3, -0.25) is 4.79 Å². The molecule has 2 fully saturated rings. The third-order valence-corrected chi connectivity index (χ3v) is 11.5. The number of aliphatic hydroxyl groups is 7. The summed E-state index contributed by atoms with van der Waals surface area (Å²) >= 11 is 0. The highest BCUT2D eigenvalue weighted by Gasteiger charge is 2.47. The number of allylic oxidation sites excluding steroid dienone is 8. The fourth-order valence-corrected chi connectivity index (χ4v) is 7.47. The van der Waals surface area contributed by atoms with E-state index >= 15 is 0 Å². The second-order valence-electron chi connectivity index (χ2n) is 17.3. The lowest BCUT2D eigenvalue weighted by atomic mass is 9.98. The van der Waals surface area contributed by atoms with Gasteiger partial charge in [0, 0.05) is 13.0 Å². The highest BCUT2D eigenvalue weighted by atomic mass is 16.7. The van der Waals surface area contributed by atoms with Crippen LogP contribution in [0, 0.1) is 0 Å². The molecule has 0 aromatic carbocycles. The topological polar surface area (TPSA) is 214 Å². The number of hydrogen-bond acceptors (Lipinski definition) is 14. The normalized spacial score (nSPS) is 27.1. The Balaban J connectivity index is 1.78. The Hall–Kier alpha value is -2.05. The number of aliphatic hydroxyl groups excluding tert-OH is 7. The van der Waals surface area contributed by atoms with Crippen molar-refractivity contribution < 1.29 is 69.0 Å². The summed E-state index contributed by atoms with van der Waals surface area (Å²) in [6.45, 7) is 3.56. The van der Waals surface area contributed by atoms with Crippen LogP contribution in [0.25, 0.3) is 0 Å². The zero-order valence-electron chi connectivity index (χ0n) is 39.3. The van der Waals surface area contributed by atoms with E-state index in [1.165, 1.54) is 51.4 Å². The predicted molar refractivity (Wildman–Crippen MR) is 247 cm³/mol. The number of carbonyl (C=O) groups is 1. The number of ether oxygens (including phenoxy) is 6. The van der Waals surface area contributed by atoms with E-state index in [9.17, 15) is 40.5 Å². The summed E-state index contributed by atoms with van der Waals surface area (Å²) in [5.74, 6) is -0.393. The van der Waals surface area contributed by atoms with Gasteiger partial charge >= 0.3 is 5.97 Å². The van der Waals surface area contributed by atoms with E-state index in [-0.39, 0.29) is 19.6 Å². The van der Waals surface area contributed by atoms with E-state index < -0.39 is 86.7 Å². The third-order valence-electron chi connectivity index (χ3n) is 11.5. The van der Waals surface area contributed by atoms with E-state index in [4.69, 9.17) is 28.4 Å². The van der Waals surface area contributed by atoms with Crippen molar-refractivity contribution in [3.8, 4) is 0 Å². The van der Waals surface area contributed by atoms with E-state index in [0.29, 0.717) is 13.0 Å². The van der Waals surface area contributed by atoms with Crippen molar-refractivity contribution in [3.63, 3.8) is 0 Å². The minimum Gasteiger partial charge on any atom is -0.457 e. The van der Waals surface area contributed by atoms with Crippen molar-refractivity contribution in [3.05, 3.63) is 48.6 Å². The highest BCUT2D eigenvalue weighted by Crippen LogP contribution is 2.26. The van der Waals surface area contributed by atoms with E-state index in [0.717, 1.165) is 83.5 Å². The van der Waals surface area contributed by atoms with Crippen molar-refractivity contribution in [2.45, 2.75) is 229 Å². The highest BCUT2D eigenvalue weighted by molar-refractivity contribution is 5.69. The second kappa shape index (κ2) is 38.0. The minimum absolute atomic E-state index is 0.0503. The summed E-state index contributed by atoms with van der Waals surface area (Å²) < 4.78 is 34.2. The fraction of sp³-hybridized carbons (Fsp3) is 0.820. The van der Waals surface area contributed by atoms with E-state index in [1.807, 2.05) is 0 Å². The van der Waals surface area contributed by atoms with Gasteiger partial charge in [-0.05, 0) is 70.6 Å². The van der Waals surface area contributed by atoms with Crippen LogP contribution in [-0.4, -0.2) is 142 Å². The van der Waals surface area contributed by atoms with Crippen LogP contribution >= 0.6 is 0 Å². The van der Waals surface area contributed by atoms with Gasteiger partial charge in [0.05, 0.1) is 26.4 Å². The smallest absolute Gasteiger partial charge is 0.306 e. The summed E-state index contributed by atoms with van der Waals surface area (Å²) in [4.78, 5) is 13.0. The molecule has 2 saturated heterocycles. The molecule has 64 heavy (non-hydrogen) atoms. The first-order chi connectivity index (χ1) is 31.1. The molecule has 2 rings (SSSR count). The molecule has 2 aliphatic rings. The first-order valence-electron chi connectivity index (χ1n) is 24.7. The summed E-state index contributed by atoms with van der Waals surface area (Å²) in [6.07, 6.45) is 26.0. The van der Waals surface area contributed by atoms with Crippen LogP contribution in [0.2, 0.25) is 0 Å². The van der Waals surface area contributed by atoms with Gasteiger partial charge in [0.15, 0.2) is 12.6 Å². The van der Waals surface area contributed by atoms with Crippen molar-refractivity contribution in [2.75, 3.05) is 33.0 Å². The maximum Gasteiger partial charge on any atom is 0.306 e. The van der Waals surface area contributed by atoms with Crippen LogP contribution < -0.4 is 0 Å². The Labute approximate surface area is 384 Å². The average Bonchev–Trinajstić information content (AvgIpc) is 3.29. The van der Waals surface area contributed by atoms with Gasteiger partial charge < -0.3 is 64.2 Å². The van der Waals surface area contributed by atoms with Gasteiger partial charge in [0.1, 0.15) is 54.9 Å². The van der Waals surface area contributed by atoms with Crippen LogP contribution in [0.15, 0.2) is 48.6 Å². The van der Waals surface area contributed by atoms with Gasteiger partial charge in [0.25, 0.3) is 0 Å². The van der Waals surface area contributed by atoms with Crippen LogP contribution in [0.3, 0.4) is 0 Å². The molecule has 11 atom stereocenters. The molecule has 0 spiro atoms. The van der Waals surface area contributed by atoms with Crippen molar-refractivity contribution in [1.29, 1.82) is 0 Å². The van der Waals surface area contributed by atoms with E-state index in [1.54, 1.807) is 0 Å². The zero-order chi connectivity index (χ0) is 46.6. The Morgan fingerprint density at radius 2 is 1.00 bits per heavy atom. The first-order valence-corrected chi connectivity index (χ1v) is 24.7. The quantitative estimate of drug-likeness (QED) is 0.0193. The van der Waals surface area contributed by atoms with Gasteiger partial charge in [-0.1, -0.05) is 133 Å². The third kappa shape index (κ3) is 25.7. The van der Waals surface area contributed by atoms with Gasteiger partial charge in [-0.25, -0.2) is 0 Å². The Morgan fingerprint density at radius 1 is 0.516 bits per heavy atom. The lowest BCUT2D eigenvalue weighted by Gasteiger charge is -2.42. The van der Waals surface area contributed by atoms with Crippen LogP contribution in [0.5, 0.6) is 0 Å². The largest absolute Gasteiger partial charge is 0.457 e. The van der Waals surface area contributed by atoms with Crippen molar-refractivity contribution in [2.24, 2.45) is 0 Å². The Kier molecular flexibility index (Phi) is 34.5. The van der Waals surface area contributed by atoms with Gasteiger partial charge in [-0.15, -0.1) is 0 Å². The molecule has 2 aliphatic heterocycles. The predicted octanol–water partition coefficient (Wildman–Crippen LogP) is 6.79. The van der Waals surface area contributed by atoms with Crippen molar-refractivity contribution in [1.82, 2.24) is 0 Å². The molecule has 0 aromatic heterocycles. The van der Waals surface area contributed by atoms with E-state index in [2.05, 4.69) is 62.5 Å². The maximum absolute atomic E-state index is 13.0. The van der Waals surface area contributed by atoms with Gasteiger partial charge in [-0.2, -0.15) is 0 Å². The van der Waals surface area contributed by atoms with Crippen molar-refractivity contribution >= 4 is 5.97 Å². The fourth-order valence-electron chi connectivity index (χ4n) is 7.47. The number of hydrogen-bond donors (Lipinski definition) is 7. The number of esters is 1. The molecule has 0 aromatic rings. The average molecular weight is 913 g/mol.